The van der Waals surface area contributed by atoms with Gasteiger partial charge in [-0.3, -0.25) is 14.5 Å². The number of imide groups is 1. The molecule has 0 radical (unpaired) electrons. The third-order valence-electron chi connectivity index (χ3n) is 4.30. The zero-order valence-corrected chi connectivity index (χ0v) is 16.6. The number of thioether (sulfide) groups is 1. The number of allylic oxidation sites excluding steroid dienone is 1. The summed E-state index contributed by atoms with van der Waals surface area (Å²) in [5.74, 6) is 0.909. The smallest absolute Gasteiger partial charge is 0.293 e. The number of rotatable bonds is 7. The summed E-state index contributed by atoms with van der Waals surface area (Å²) in [5.41, 5.74) is 2.57. The lowest BCUT2D eigenvalue weighted by molar-refractivity contribution is -0.123. The van der Waals surface area contributed by atoms with Gasteiger partial charge in [0, 0.05) is 5.56 Å². The number of benzene rings is 2. The maximum absolute atomic E-state index is 12.8. The minimum Gasteiger partial charge on any atom is -0.493 e. The summed E-state index contributed by atoms with van der Waals surface area (Å²) in [6.07, 6.45) is 4.08. The Labute approximate surface area is 168 Å². The van der Waals surface area contributed by atoms with Gasteiger partial charge in [0.2, 0.25) is 0 Å². The Morgan fingerprint density at radius 1 is 1.11 bits per heavy atom. The van der Waals surface area contributed by atoms with E-state index in [1.54, 1.807) is 32.4 Å². The number of methoxy groups -OCH3 is 2. The summed E-state index contributed by atoms with van der Waals surface area (Å²) in [5, 5.41) is -0.271. The second-order valence-electron chi connectivity index (χ2n) is 6.16. The van der Waals surface area contributed by atoms with E-state index in [1.807, 2.05) is 36.4 Å². The lowest BCUT2D eigenvalue weighted by Gasteiger charge is -2.13. The molecule has 1 aliphatic rings. The molecule has 0 spiro atoms. The molecule has 28 heavy (non-hydrogen) atoms. The Kier molecular flexibility index (Phi) is 6.21. The first-order valence-electron chi connectivity index (χ1n) is 8.72. The first-order chi connectivity index (χ1) is 13.6. The van der Waals surface area contributed by atoms with Crippen molar-refractivity contribution in [1.82, 2.24) is 4.90 Å². The Hall–Kier alpha value is -2.99. The maximum Gasteiger partial charge on any atom is 0.293 e. The number of hydrogen-bond donors (Lipinski definition) is 0. The molecule has 0 atom stereocenters. The molecule has 5 nitrogen and oxygen atoms in total. The first-order valence-corrected chi connectivity index (χ1v) is 9.54. The van der Waals surface area contributed by atoms with Crippen LogP contribution in [-0.2, 0) is 17.8 Å². The van der Waals surface area contributed by atoms with Gasteiger partial charge >= 0.3 is 0 Å². The molecule has 1 aliphatic heterocycles. The van der Waals surface area contributed by atoms with Crippen molar-refractivity contribution in [3.8, 4) is 11.5 Å². The van der Waals surface area contributed by atoms with Gasteiger partial charge in [0.15, 0.2) is 11.5 Å². The Morgan fingerprint density at radius 2 is 1.86 bits per heavy atom. The van der Waals surface area contributed by atoms with Crippen molar-refractivity contribution in [1.29, 1.82) is 0 Å². The zero-order valence-electron chi connectivity index (χ0n) is 15.8. The molecule has 2 amide bonds. The number of nitrogens with zero attached hydrogens (tertiary/aromatic N) is 1. The molecule has 2 aromatic rings. The van der Waals surface area contributed by atoms with E-state index >= 15 is 0 Å². The van der Waals surface area contributed by atoms with Crippen LogP contribution in [0.25, 0.3) is 6.08 Å². The molecule has 1 heterocycles. The molecule has 2 aromatic carbocycles. The van der Waals surface area contributed by atoms with Gasteiger partial charge in [0.05, 0.1) is 25.7 Å². The highest BCUT2D eigenvalue weighted by Crippen LogP contribution is 2.37. The second-order valence-corrected chi connectivity index (χ2v) is 7.15. The number of ether oxygens (including phenoxy) is 2. The van der Waals surface area contributed by atoms with Crippen LogP contribution < -0.4 is 9.47 Å². The molecule has 1 saturated heterocycles. The van der Waals surface area contributed by atoms with E-state index in [1.165, 1.54) is 4.90 Å². The third kappa shape index (κ3) is 4.12. The molecule has 1 fully saturated rings. The Bertz CT molecular complexity index is 937. The number of hydrogen-bond acceptors (Lipinski definition) is 5. The van der Waals surface area contributed by atoms with Crippen LogP contribution in [0.2, 0.25) is 0 Å². The molecule has 0 aromatic heterocycles. The highest BCUT2D eigenvalue weighted by Gasteiger charge is 2.35. The van der Waals surface area contributed by atoms with E-state index in [9.17, 15) is 9.59 Å². The van der Waals surface area contributed by atoms with Crippen molar-refractivity contribution >= 4 is 29.0 Å². The second kappa shape index (κ2) is 8.80. The average Bonchev–Trinajstić information content (AvgIpc) is 2.96. The minimum atomic E-state index is -0.293. The predicted molar refractivity (Wildman–Crippen MR) is 111 cm³/mol. The lowest BCUT2D eigenvalue weighted by Crippen LogP contribution is -2.27. The monoisotopic (exact) mass is 395 g/mol. The summed E-state index contributed by atoms with van der Waals surface area (Å²) in [4.78, 5) is 26.8. The van der Waals surface area contributed by atoms with Crippen LogP contribution in [0.4, 0.5) is 4.79 Å². The van der Waals surface area contributed by atoms with Gasteiger partial charge in [-0.05, 0) is 47.5 Å². The van der Waals surface area contributed by atoms with E-state index in [-0.39, 0.29) is 17.7 Å². The van der Waals surface area contributed by atoms with E-state index in [0.29, 0.717) is 22.8 Å². The van der Waals surface area contributed by atoms with E-state index < -0.39 is 0 Å². The largest absolute Gasteiger partial charge is 0.493 e. The summed E-state index contributed by atoms with van der Waals surface area (Å²) >= 11 is 0.945. The van der Waals surface area contributed by atoms with Gasteiger partial charge in [0.25, 0.3) is 11.1 Å². The zero-order chi connectivity index (χ0) is 20.1. The Balaban J connectivity index is 1.91. The van der Waals surface area contributed by atoms with Gasteiger partial charge in [-0.25, -0.2) is 0 Å². The quantitative estimate of drug-likeness (QED) is 0.504. The van der Waals surface area contributed by atoms with Crippen LogP contribution in [-0.4, -0.2) is 30.3 Å². The summed E-state index contributed by atoms with van der Waals surface area (Å²) in [6.45, 7) is 4.03. The molecule has 0 unspecified atom stereocenters. The van der Waals surface area contributed by atoms with Gasteiger partial charge in [-0.1, -0.05) is 36.4 Å². The molecule has 144 valence electrons. The minimum absolute atomic E-state index is 0.260. The van der Waals surface area contributed by atoms with Crippen molar-refractivity contribution in [3.63, 3.8) is 0 Å². The van der Waals surface area contributed by atoms with Crippen molar-refractivity contribution in [2.24, 2.45) is 0 Å². The molecular weight excluding hydrogens is 374 g/mol. The first kappa shape index (κ1) is 19.8. The van der Waals surface area contributed by atoms with E-state index in [4.69, 9.17) is 9.47 Å². The fraction of sp³-hybridized carbons (Fsp3) is 0.182. The number of carbonyl (C=O) groups excluding carboxylic acids is 2. The Morgan fingerprint density at radius 3 is 2.50 bits per heavy atom. The number of amides is 2. The van der Waals surface area contributed by atoms with Crippen molar-refractivity contribution in [3.05, 3.63) is 76.7 Å². The molecule has 3 rings (SSSR count). The molecule has 6 heteroatoms. The molecule has 0 saturated carbocycles. The summed E-state index contributed by atoms with van der Waals surface area (Å²) < 4.78 is 10.9. The van der Waals surface area contributed by atoms with Crippen LogP contribution >= 0.6 is 11.8 Å². The third-order valence-corrected chi connectivity index (χ3v) is 5.20. The molecule has 0 N–H and O–H groups in total. The standard InChI is InChI=1S/C22H21NO4S/c1-4-8-17-11-16(12-18(26-2)20(17)27-3)13-19-21(24)23(22(25)28-19)14-15-9-6-5-7-10-15/h4-7,9-13H,1,8,14H2,2-3H3/b19-13+. The highest BCUT2D eigenvalue weighted by atomic mass is 32.2. The van der Waals surface area contributed by atoms with Crippen LogP contribution in [0, 0.1) is 0 Å². The van der Waals surface area contributed by atoms with Crippen molar-refractivity contribution in [2.45, 2.75) is 13.0 Å². The fourth-order valence-electron chi connectivity index (χ4n) is 3.01. The van der Waals surface area contributed by atoms with Crippen molar-refractivity contribution in [2.75, 3.05) is 14.2 Å². The van der Waals surface area contributed by atoms with Gasteiger partial charge in [0.1, 0.15) is 0 Å². The van der Waals surface area contributed by atoms with Crippen molar-refractivity contribution < 1.29 is 19.1 Å². The van der Waals surface area contributed by atoms with Gasteiger partial charge in [-0.15, -0.1) is 6.58 Å². The van der Waals surface area contributed by atoms with E-state index in [0.717, 1.165) is 28.5 Å². The van der Waals surface area contributed by atoms with Gasteiger partial charge in [-0.2, -0.15) is 0 Å². The predicted octanol–water partition coefficient (Wildman–Crippen LogP) is 4.67. The molecule has 0 aliphatic carbocycles. The highest BCUT2D eigenvalue weighted by molar-refractivity contribution is 8.18. The topological polar surface area (TPSA) is 55.8 Å². The van der Waals surface area contributed by atoms with Crippen LogP contribution in [0.15, 0.2) is 60.0 Å². The number of carbonyl (C=O) groups is 2. The molecule has 0 bridgehead atoms. The van der Waals surface area contributed by atoms with Crippen LogP contribution in [0.5, 0.6) is 11.5 Å². The van der Waals surface area contributed by atoms with E-state index in [2.05, 4.69) is 6.58 Å². The summed E-state index contributed by atoms with van der Waals surface area (Å²) in [7, 11) is 3.14. The normalized spacial score (nSPS) is 15.2. The maximum atomic E-state index is 12.8. The van der Waals surface area contributed by atoms with Crippen LogP contribution in [0.1, 0.15) is 16.7 Å². The summed E-state index contributed by atoms with van der Waals surface area (Å²) in [6, 6.07) is 13.1. The fourth-order valence-corrected chi connectivity index (χ4v) is 3.85. The van der Waals surface area contributed by atoms with Gasteiger partial charge < -0.3 is 9.47 Å². The average molecular weight is 395 g/mol. The molecular formula is C22H21NO4S. The van der Waals surface area contributed by atoms with Crippen LogP contribution in [0.3, 0.4) is 0 Å². The lowest BCUT2D eigenvalue weighted by atomic mass is 10.0. The SMILES string of the molecule is C=CCc1cc(/C=C2/SC(=O)N(Cc3ccccc3)C2=O)cc(OC)c1OC.